The third-order valence-electron chi connectivity index (χ3n) is 6.92. The first-order valence-electron chi connectivity index (χ1n) is 13.7. The zero-order valence-corrected chi connectivity index (χ0v) is 24.2. The van der Waals surface area contributed by atoms with E-state index in [1.807, 2.05) is 37.3 Å². The average Bonchev–Trinajstić information content (AvgIpc) is 3.33. The number of aliphatic carboxylic acids is 1. The van der Waals surface area contributed by atoms with Gasteiger partial charge >= 0.3 is 12.1 Å². The minimum absolute atomic E-state index is 0.0624. The fourth-order valence-corrected chi connectivity index (χ4v) is 5.12. The molecule has 0 saturated heterocycles. The summed E-state index contributed by atoms with van der Waals surface area (Å²) in [5.74, 6) is -1.46. The second-order valence-corrected chi connectivity index (χ2v) is 11.2. The molecule has 10 nitrogen and oxygen atoms in total. The van der Waals surface area contributed by atoms with E-state index in [0.29, 0.717) is 41.2 Å². The van der Waals surface area contributed by atoms with E-state index in [-0.39, 0.29) is 23.7 Å². The second kappa shape index (κ2) is 11.4. The minimum atomic E-state index is -1.44. The van der Waals surface area contributed by atoms with Crippen LogP contribution in [0.5, 0.6) is 5.75 Å². The molecule has 2 aromatic heterocycles. The van der Waals surface area contributed by atoms with E-state index in [9.17, 15) is 14.7 Å². The third-order valence-corrected chi connectivity index (χ3v) is 6.92. The van der Waals surface area contributed by atoms with Crippen molar-refractivity contribution in [3.63, 3.8) is 0 Å². The van der Waals surface area contributed by atoms with Gasteiger partial charge in [-0.15, -0.1) is 5.10 Å². The summed E-state index contributed by atoms with van der Waals surface area (Å²) in [7, 11) is 0. The number of hydrogen-bond donors (Lipinski definition) is 2. The quantitative estimate of drug-likeness (QED) is 0.268. The summed E-state index contributed by atoms with van der Waals surface area (Å²) in [6.07, 6.45) is -0.842. The smallest absolute Gasteiger partial charge is 0.413 e. The molecule has 0 radical (unpaired) electrons. The van der Waals surface area contributed by atoms with Crippen molar-refractivity contribution in [3.8, 4) is 17.0 Å². The van der Waals surface area contributed by atoms with Crippen LogP contribution in [0.2, 0.25) is 0 Å². The number of carbonyl (C=O) groups is 2. The number of fused-ring (bicyclic) bond motifs is 2. The largest absolute Gasteiger partial charge is 0.490 e. The molecule has 1 aliphatic rings. The molecule has 3 heterocycles. The van der Waals surface area contributed by atoms with Crippen LogP contribution in [0.25, 0.3) is 16.9 Å². The Bertz CT molecular complexity index is 1660. The molecular formula is C31H33FN4O6. The maximum Gasteiger partial charge on any atom is 0.413 e. The Morgan fingerprint density at radius 3 is 2.62 bits per heavy atom. The van der Waals surface area contributed by atoms with Gasteiger partial charge in [0.2, 0.25) is 0 Å². The van der Waals surface area contributed by atoms with Gasteiger partial charge in [-0.05, 0) is 64.7 Å². The molecular weight excluding hydrogens is 543 g/mol. The Kier molecular flexibility index (Phi) is 7.87. The van der Waals surface area contributed by atoms with Gasteiger partial charge in [0, 0.05) is 28.5 Å². The van der Waals surface area contributed by atoms with Gasteiger partial charge in [-0.3, -0.25) is 5.32 Å². The van der Waals surface area contributed by atoms with Crippen LogP contribution in [-0.4, -0.2) is 44.0 Å². The number of anilines is 1. The molecule has 0 fully saturated rings. The highest BCUT2D eigenvalue weighted by Crippen LogP contribution is 2.41. The predicted molar refractivity (Wildman–Crippen MR) is 153 cm³/mol. The number of nitrogens with one attached hydrogen (secondary N) is 1. The Morgan fingerprint density at radius 1 is 1.19 bits per heavy atom. The molecule has 2 aromatic carbocycles. The molecule has 1 aliphatic heterocycles. The van der Waals surface area contributed by atoms with Crippen LogP contribution >= 0.6 is 0 Å². The third kappa shape index (κ3) is 5.91. The maximum absolute atomic E-state index is 15.5. The topological polar surface area (TPSA) is 124 Å². The van der Waals surface area contributed by atoms with E-state index in [1.54, 1.807) is 27.7 Å². The molecule has 1 atom stereocenters. The molecule has 220 valence electrons. The summed E-state index contributed by atoms with van der Waals surface area (Å²) in [5.41, 5.74) is 3.06. The van der Waals surface area contributed by atoms with Crippen molar-refractivity contribution in [2.45, 2.75) is 65.8 Å². The van der Waals surface area contributed by atoms with Crippen LogP contribution in [0, 0.1) is 19.7 Å². The number of carboxylic acid groups (broad SMARTS) is 1. The Hall–Kier alpha value is -4.51. The fourth-order valence-electron chi connectivity index (χ4n) is 5.12. The normalized spacial score (nSPS) is 13.8. The zero-order valence-electron chi connectivity index (χ0n) is 24.2. The summed E-state index contributed by atoms with van der Waals surface area (Å²) in [6.45, 7) is 9.25. The predicted octanol–water partition coefficient (Wildman–Crippen LogP) is 6.17. The van der Waals surface area contributed by atoms with Crippen LogP contribution in [0.3, 0.4) is 0 Å². The van der Waals surface area contributed by atoms with E-state index in [4.69, 9.17) is 14.2 Å². The number of aromatic nitrogens is 3. The molecule has 0 bridgehead atoms. The van der Waals surface area contributed by atoms with Crippen LogP contribution < -0.4 is 10.1 Å². The van der Waals surface area contributed by atoms with Crippen LogP contribution in [0.4, 0.5) is 15.0 Å². The van der Waals surface area contributed by atoms with E-state index < -0.39 is 29.6 Å². The molecule has 1 amide bonds. The molecule has 2 N–H and O–H groups in total. The molecule has 5 rings (SSSR count). The van der Waals surface area contributed by atoms with Crippen LogP contribution in [0.1, 0.15) is 61.2 Å². The first kappa shape index (κ1) is 29.0. The first-order valence-corrected chi connectivity index (χ1v) is 13.7. The van der Waals surface area contributed by atoms with Gasteiger partial charge in [0.05, 0.1) is 17.9 Å². The number of ether oxygens (including phenoxy) is 3. The molecule has 4 aromatic rings. The highest BCUT2D eigenvalue weighted by atomic mass is 19.1. The van der Waals surface area contributed by atoms with Crippen molar-refractivity contribution in [3.05, 3.63) is 76.2 Å². The zero-order chi connectivity index (χ0) is 30.2. The fraction of sp³-hybridized carbons (Fsp3) is 0.355. The van der Waals surface area contributed by atoms with E-state index in [0.717, 1.165) is 17.5 Å². The van der Waals surface area contributed by atoms with Crippen LogP contribution in [-0.2, 0) is 27.3 Å². The number of aryl methyl sites for hydroxylation is 1. The second-order valence-electron chi connectivity index (χ2n) is 11.2. The van der Waals surface area contributed by atoms with E-state index >= 15 is 4.39 Å². The van der Waals surface area contributed by atoms with Gasteiger partial charge in [0.15, 0.2) is 29.1 Å². The maximum atomic E-state index is 15.5. The first-order chi connectivity index (χ1) is 19.9. The summed E-state index contributed by atoms with van der Waals surface area (Å²) in [6, 6.07) is 12.1. The van der Waals surface area contributed by atoms with Gasteiger partial charge in [-0.1, -0.05) is 30.3 Å². The van der Waals surface area contributed by atoms with Gasteiger partial charge in [-0.25, -0.2) is 23.5 Å². The lowest BCUT2D eigenvalue weighted by Gasteiger charge is -2.28. The van der Waals surface area contributed by atoms with Gasteiger partial charge in [-0.2, -0.15) is 0 Å². The minimum Gasteiger partial charge on any atom is -0.490 e. The molecule has 0 spiro atoms. The number of amides is 1. The van der Waals surface area contributed by atoms with Gasteiger partial charge in [0.25, 0.3) is 0 Å². The lowest BCUT2D eigenvalue weighted by atomic mass is 9.91. The van der Waals surface area contributed by atoms with Crippen molar-refractivity contribution < 1.29 is 33.3 Å². The molecule has 0 saturated carbocycles. The lowest BCUT2D eigenvalue weighted by Crippen LogP contribution is -2.29. The summed E-state index contributed by atoms with van der Waals surface area (Å²) in [4.78, 5) is 29.8. The highest BCUT2D eigenvalue weighted by Gasteiger charge is 2.34. The monoisotopic (exact) mass is 576 g/mol. The van der Waals surface area contributed by atoms with Crippen molar-refractivity contribution in [2.75, 3.05) is 11.9 Å². The molecule has 0 aliphatic carbocycles. The number of nitrogens with zero attached hydrogens (tertiary/aromatic N) is 3. The van der Waals surface area contributed by atoms with Gasteiger partial charge in [0.1, 0.15) is 6.61 Å². The summed E-state index contributed by atoms with van der Waals surface area (Å²) >= 11 is 0. The van der Waals surface area contributed by atoms with E-state index in [1.165, 1.54) is 16.6 Å². The van der Waals surface area contributed by atoms with Crippen molar-refractivity contribution in [2.24, 2.45) is 0 Å². The SMILES string of the molecule is Cc1nc2cc(NC(=O)OCc3ccccc3)nn2c(-c2cc(F)c3c(c2C)CCCO3)c1[C@H](OC(C)(C)C)C(=O)O. The number of hydrogen-bond acceptors (Lipinski definition) is 7. The highest BCUT2D eigenvalue weighted by molar-refractivity contribution is 5.85. The van der Waals surface area contributed by atoms with Crippen molar-refractivity contribution >= 4 is 23.5 Å². The number of benzene rings is 2. The number of rotatable bonds is 7. The lowest BCUT2D eigenvalue weighted by molar-refractivity contribution is -0.160. The molecule has 11 heteroatoms. The standard InChI is InChI=1S/C31H33FN4O6/c1-17-20-12-9-13-40-27(20)22(32)14-21(17)26-25(28(29(37)38)42-31(3,4)5)18(2)33-24-15-23(35-36(24)26)34-30(39)41-16-19-10-7-6-8-11-19/h6-8,10-11,14-15,28H,9,12-13,16H2,1-5H3,(H,37,38)(H,34,35,39)/t28-/m0/s1. The summed E-state index contributed by atoms with van der Waals surface area (Å²) in [5, 5.41) is 17.5. The molecule has 42 heavy (non-hydrogen) atoms. The number of halogens is 1. The van der Waals surface area contributed by atoms with E-state index in [2.05, 4.69) is 15.4 Å². The van der Waals surface area contributed by atoms with Crippen LogP contribution in [0.15, 0.2) is 42.5 Å². The van der Waals surface area contributed by atoms with Gasteiger partial charge < -0.3 is 19.3 Å². The van der Waals surface area contributed by atoms with Crippen molar-refractivity contribution in [1.82, 2.24) is 14.6 Å². The number of carboxylic acids is 1. The molecule has 0 unspecified atom stereocenters. The summed E-state index contributed by atoms with van der Waals surface area (Å²) < 4.78 is 33.9. The van der Waals surface area contributed by atoms with Crippen molar-refractivity contribution in [1.29, 1.82) is 0 Å². The average molecular weight is 577 g/mol. The Morgan fingerprint density at radius 2 is 1.93 bits per heavy atom. The Labute approximate surface area is 242 Å². The Balaban J connectivity index is 1.65. The number of carbonyl (C=O) groups excluding carboxylic acids is 1.